The molecule has 2 atom stereocenters. The predicted octanol–water partition coefficient (Wildman–Crippen LogP) is 1.13. The minimum atomic E-state index is -0.526. The van der Waals surface area contributed by atoms with Gasteiger partial charge >= 0.3 is 0 Å². The van der Waals surface area contributed by atoms with E-state index in [9.17, 15) is 15.0 Å². The SMILES string of the molecule is O=C(NC1CCCCC1O)c1ccc(O)cc1O. The van der Waals surface area contributed by atoms with Crippen molar-refractivity contribution in [2.75, 3.05) is 0 Å². The average molecular weight is 251 g/mol. The van der Waals surface area contributed by atoms with Gasteiger partial charge in [0.05, 0.1) is 17.7 Å². The van der Waals surface area contributed by atoms with Crippen molar-refractivity contribution in [1.82, 2.24) is 5.32 Å². The molecule has 0 bridgehead atoms. The molecule has 5 nitrogen and oxygen atoms in total. The van der Waals surface area contributed by atoms with Gasteiger partial charge in [-0.2, -0.15) is 0 Å². The number of aliphatic hydroxyl groups excluding tert-OH is 1. The highest BCUT2D eigenvalue weighted by molar-refractivity contribution is 5.97. The molecule has 1 aromatic carbocycles. The van der Waals surface area contributed by atoms with E-state index >= 15 is 0 Å². The zero-order chi connectivity index (χ0) is 13.1. The highest BCUT2D eigenvalue weighted by Crippen LogP contribution is 2.24. The van der Waals surface area contributed by atoms with E-state index in [1.54, 1.807) is 0 Å². The van der Waals surface area contributed by atoms with E-state index < -0.39 is 12.0 Å². The van der Waals surface area contributed by atoms with E-state index in [2.05, 4.69) is 5.32 Å². The Kier molecular flexibility index (Phi) is 3.72. The largest absolute Gasteiger partial charge is 0.508 e. The molecule has 4 N–H and O–H groups in total. The summed E-state index contributed by atoms with van der Waals surface area (Å²) in [6.07, 6.45) is 2.85. The van der Waals surface area contributed by atoms with Crippen molar-refractivity contribution in [3.8, 4) is 11.5 Å². The summed E-state index contributed by atoms with van der Waals surface area (Å²) in [5.41, 5.74) is 0.102. The third-order valence-corrected chi connectivity index (χ3v) is 3.27. The lowest BCUT2D eigenvalue weighted by Gasteiger charge is -2.28. The molecule has 0 spiro atoms. The minimum Gasteiger partial charge on any atom is -0.508 e. The smallest absolute Gasteiger partial charge is 0.255 e. The van der Waals surface area contributed by atoms with Crippen LogP contribution in [-0.2, 0) is 0 Å². The zero-order valence-corrected chi connectivity index (χ0v) is 9.97. The Morgan fingerprint density at radius 1 is 1.22 bits per heavy atom. The lowest BCUT2D eigenvalue weighted by atomic mass is 9.92. The second-order valence-electron chi connectivity index (χ2n) is 4.63. The van der Waals surface area contributed by atoms with Gasteiger partial charge in [0.2, 0.25) is 0 Å². The Hall–Kier alpha value is -1.75. The van der Waals surface area contributed by atoms with Crippen LogP contribution in [0.15, 0.2) is 18.2 Å². The van der Waals surface area contributed by atoms with E-state index in [-0.39, 0.29) is 23.1 Å². The van der Waals surface area contributed by atoms with Gasteiger partial charge in [0.1, 0.15) is 11.5 Å². The topological polar surface area (TPSA) is 89.8 Å². The van der Waals surface area contributed by atoms with Gasteiger partial charge in [0, 0.05) is 6.07 Å². The first-order chi connectivity index (χ1) is 8.58. The first-order valence-electron chi connectivity index (χ1n) is 6.09. The fourth-order valence-electron chi connectivity index (χ4n) is 2.24. The van der Waals surface area contributed by atoms with Crippen molar-refractivity contribution in [1.29, 1.82) is 0 Å². The molecule has 0 radical (unpaired) electrons. The fraction of sp³-hybridized carbons (Fsp3) is 0.462. The summed E-state index contributed by atoms with van der Waals surface area (Å²) in [7, 11) is 0. The van der Waals surface area contributed by atoms with Crippen LogP contribution in [0.2, 0.25) is 0 Å². The fourth-order valence-corrected chi connectivity index (χ4v) is 2.24. The van der Waals surface area contributed by atoms with E-state index in [0.29, 0.717) is 6.42 Å². The number of phenols is 2. The Labute approximate surface area is 105 Å². The summed E-state index contributed by atoms with van der Waals surface area (Å²) in [6.45, 7) is 0. The van der Waals surface area contributed by atoms with Crippen molar-refractivity contribution in [3.63, 3.8) is 0 Å². The highest BCUT2D eigenvalue weighted by Gasteiger charge is 2.25. The van der Waals surface area contributed by atoms with Gasteiger partial charge in [0.25, 0.3) is 5.91 Å². The maximum Gasteiger partial charge on any atom is 0.255 e. The molecule has 1 saturated carbocycles. The quantitative estimate of drug-likeness (QED) is 0.634. The molecule has 2 rings (SSSR count). The maximum atomic E-state index is 11.9. The molecule has 0 saturated heterocycles. The molecule has 2 unspecified atom stereocenters. The molecule has 18 heavy (non-hydrogen) atoms. The van der Waals surface area contributed by atoms with Crippen molar-refractivity contribution >= 4 is 5.91 Å². The molecule has 98 valence electrons. The number of carbonyl (C=O) groups is 1. The number of phenolic OH excluding ortho intramolecular Hbond substituents is 2. The number of carbonyl (C=O) groups excluding carboxylic acids is 1. The van der Waals surface area contributed by atoms with Crippen molar-refractivity contribution in [2.24, 2.45) is 0 Å². The number of nitrogens with one attached hydrogen (secondary N) is 1. The van der Waals surface area contributed by atoms with Crippen LogP contribution in [0, 0.1) is 0 Å². The van der Waals surface area contributed by atoms with Crippen LogP contribution in [0.5, 0.6) is 11.5 Å². The van der Waals surface area contributed by atoms with Gasteiger partial charge in [0.15, 0.2) is 0 Å². The number of hydrogen-bond acceptors (Lipinski definition) is 4. The van der Waals surface area contributed by atoms with Gasteiger partial charge in [-0.05, 0) is 25.0 Å². The van der Waals surface area contributed by atoms with Crippen LogP contribution in [0.3, 0.4) is 0 Å². The van der Waals surface area contributed by atoms with Crippen LogP contribution in [0.4, 0.5) is 0 Å². The normalized spacial score (nSPS) is 23.6. The Morgan fingerprint density at radius 3 is 2.61 bits per heavy atom. The summed E-state index contributed by atoms with van der Waals surface area (Å²) in [5.74, 6) is -0.794. The molecule has 1 aliphatic rings. The van der Waals surface area contributed by atoms with Crippen molar-refractivity contribution in [2.45, 2.75) is 37.8 Å². The number of rotatable bonds is 2. The first kappa shape index (κ1) is 12.7. The Bertz CT molecular complexity index is 447. The summed E-state index contributed by atoms with van der Waals surface area (Å²) in [5, 5.41) is 31.2. The van der Waals surface area contributed by atoms with Crippen LogP contribution in [-0.4, -0.2) is 33.4 Å². The van der Waals surface area contributed by atoms with E-state index in [0.717, 1.165) is 25.3 Å². The summed E-state index contributed by atoms with van der Waals surface area (Å²) in [4.78, 5) is 11.9. The van der Waals surface area contributed by atoms with Crippen LogP contribution < -0.4 is 5.32 Å². The average Bonchev–Trinajstić information content (AvgIpc) is 2.32. The predicted molar refractivity (Wildman–Crippen MR) is 65.5 cm³/mol. The third-order valence-electron chi connectivity index (χ3n) is 3.27. The first-order valence-corrected chi connectivity index (χ1v) is 6.09. The third kappa shape index (κ3) is 2.73. The molecule has 1 amide bonds. The summed E-state index contributed by atoms with van der Waals surface area (Å²) < 4.78 is 0. The van der Waals surface area contributed by atoms with Crippen LogP contribution in [0.25, 0.3) is 0 Å². The molecule has 5 heteroatoms. The lowest BCUT2D eigenvalue weighted by molar-refractivity contribution is 0.0715. The second kappa shape index (κ2) is 5.27. The van der Waals surface area contributed by atoms with Crippen LogP contribution in [0.1, 0.15) is 36.0 Å². The number of aromatic hydroxyl groups is 2. The Balaban J connectivity index is 2.07. The standard InChI is InChI=1S/C13H17NO4/c15-8-5-6-9(12(17)7-8)13(18)14-10-3-1-2-4-11(10)16/h5-7,10-11,15-17H,1-4H2,(H,14,18). The van der Waals surface area contributed by atoms with Crippen LogP contribution >= 0.6 is 0 Å². The summed E-state index contributed by atoms with van der Waals surface area (Å²) in [6, 6.07) is 3.55. The summed E-state index contributed by atoms with van der Waals surface area (Å²) >= 11 is 0. The van der Waals surface area contributed by atoms with E-state index in [1.165, 1.54) is 12.1 Å². The van der Waals surface area contributed by atoms with Crippen molar-refractivity contribution < 1.29 is 20.1 Å². The zero-order valence-electron chi connectivity index (χ0n) is 9.97. The second-order valence-corrected chi connectivity index (χ2v) is 4.63. The molecular weight excluding hydrogens is 234 g/mol. The van der Waals surface area contributed by atoms with E-state index in [1.807, 2.05) is 0 Å². The Morgan fingerprint density at radius 2 is 1.94 bits per heavy atom. The lowest BCUT2D eigenvalue weighted by Crippen LogP contribution is -2.45. The van der Waals surface area contributed by atoms with Gasteiger partial charge in [-0.3, -0.25) is 4.79 Å². The van der Waals surface area contributed by atoms with Gasteiger partial charge in [-0.15, -0.1) is 0 Å². The molecule has 1 aliphatic carbocycles. The van der Waals surface area contributed by atoms with Crippen molar-refractivity contribution in [3.05, 3.63) is 23.8 Å². The number of amides is 1. The number of benzene rings is 1. The van der Waals surface area contributed by atoms with Gasteiger partial charge in [-0.25, -0.2) is 0 Å². The number of hydrogen-bond donors (Lipinski definition) is 4. The number of aliphatic hydroxyl groups is 1. The van der Waals surface area contributed by atoms with Gasteiger partial charge < -0.3 is 20.6 Å². The highest BCUT2D eigenvalue weighted by atomic mass is 16.3. The minimum absolute atomic E-state index is 0.0956. The molecular formula is C13H17NO4. The maximum absolute atomic E-state index is 11.9. The molecule has 1 fully saturated rings. The van der Waals surface area contributed by atoms with E-state index in [4.69, 9.17) is 5.11 Å². The molecule has 0 heterocycles. The molecule has 1 aromatic rings. The molecule has 0 aliphatic heterocycles. The monoisotopic (exact) mass is 251 g/mol. The van der Waals surface area contributed by atoms with Gasteiger partial charge in [-0.1, -0.05) is 12.8 Å². The molecule has 0 aromatic heterocycles.